The van der Waals surface area contributed by atoms with Crippen molar-refractivity contribution in [2.45, 2.75) is 12.1 Å². The van der Waals surface area contributed by atoms with Gasteiger partial charge in [0.2, 0.25) is 0 Å². The maximum Gasteiger partial charge on any atom is 0.328 e. The van der Waals surface area contributed by atoms with Gasteiger partial charge in [0.05, 0.1) is 0 Å². The first-order valence-corrected chi connectivity index (χ1v) is 4.55. The molecule has 1 heterocycles. The molecule has 0 aliphatic rings. The standard InChI is InChI=1S/C7H9N3O2S/c1-5(2-6(11)12)3-13-7-8-4-9-10-7/h2,4H,3H2,1H3,(H,11,12)(H,8,9,10). The number of nitrogens with one attached hydrogen (secondary N) is 1. The molecule has 1 aromatic heterocycles. The van der Waals surface area contributed by atoms with Gasteiger partial charge in [0.25, 0.3) is 0 Å². The topological polar surface area (TPSA) is 78.9 Å². The SMILES string of the molecule is CC(=CC(=O)O)CSc1ncn[nH]1. The second kappa shape index (κ2) is 4.66. The zero-order chi connectivity index (χ0) is 9.68. The molecule has 0 aliphatic carbocycles. The van der Waals surface area contributed by atoms with Crippen molar-refractivity contribution in [2.24, 2.45) is 0 Å². The van der Waals surface area contributed by atoms with Gasteiger partial charge in [-0.25, -0.2) is 9.78 Å². The summed E-state index contributed by atoms with van der Waals surface area (Å²) in [6.45, 7) is 1.76. The van der Waals surface area contributed by atoms with E-state index in [0.717, 1.165) is 5.57 Å². The summed E-state index contributed by atoms with van der Waals surface area (Å²) in [7, 11) is 0. The van der Waals surface area contributed by atoms with Gasteiger partial charge in [-0.15, -0.1) is 0 Å². The largest absolute Gasteiger partial charge is 0.478 e. The van der Waals surface area contributed by atoms with Crippen molar-refractivity contribution in [3.8, 4) is 0 Å². The molecular formula is C7H9N3O2S. The molecule has 0 aliphatic heterocycles. The highest BCUT2D eigenvalue weighted by atomic mass is 32.2. The van der Waals surface area contributed by atoms with Gasteiger partial charge in [0, 0.05) is 11.8 Å². The van der Waals surface area contributed by atoms with E-state index in [4.69, 9.17) is 5.11 Å². The molecule has 0 bridgehead atoms. The van der Waals surface area contributed by atoms with Crippen LogP contribution in [0, 0.1) is 0 Å². The van der Waals surface area contributed by atoms with Crippen molar-refractivity contribution in [1.82, 2.24) is 15.2 Å². The minimum absolute atomic E-state index is 0.599. The zero-order valence-corrected chi connectivity index (χ0v) is 7.84. The number of H-pyrrole nitrogens is 1. The number of nitrogens with zero attached hydrogens (tertiary/aromatic N) is 2. The van der Waals surface area contributed by atoms with Crippen LogP contribution in [-0.2, 0) is 4.79 Å². The minimum atomic E-state index is -0.921. The Labute approximate surface area is 79.3 Å². The number of hydrogen-bond donors (Lipinski definition) is 2. The Hall–Kier alpha value is -1.30. The quantitative estimate of drug-likeness (QED) is 0.557. The van der Waals surface area contributed by atoms with E-state index < -0.39 is 5.97 Å². The van der Waals surface area contributed by atoms with E-state index in [1.807, 2.05) is 0 Å². The molecule has 0 unspecified atom stereocenters. The lowest BCUT2D eigenvalue weighted by molar-refractivity contribution is -0.131. The molecule has 0 atom stereocenters. The van der Waals surface area contributed by atoms with Crippen LogP contribution in [0.3, 0.4) is 0 Å². The highest BCUT2D eigenvalue weighted by molar-refractivity contribution is 7.99. The molecule has 13 heavy (non-hydrogen) atoms. The van der Waals surface area contributed by atoms with Crippen molar-refractivity contribution >= 4 is 17.7 Å². The van der Waals surface area contributed by atoms with Gasteiger partial charge < -0.3 is 5.11 Å². The molecule has 2 N–H and O–H groups in total. The predicted molar refractivity (Wildman–Crippen MR) is 48.5 cm³/mol. The number of rotatable bonds is 4. The lowest BCUT2D eigenvalue weighted by Gasteiger charge is -1.95. The molecule has 0 radical (unpaired) electrons. The lowest BCUT2D eigenvalue weighted by atomic mass is 10.3. The Morgan fingerprint density at radius 3 is 3.15 bits per heavy atom. The van der Waals surface area contributed by atoms with Crippen LogP contribution in [0.15, 0.2) is 23.1 Å². The maximum absolute atomic E-state index is 10.2. The van der Waals surface area contributed by atoms with Crippen LogP contribution < -0.4 is 0 Å². The summed E-state index contributed by atoms with van der Waals surface area (Å²) in [6, 6.07) is 0. The summed E-state index contributed by atoms with van der Waals surface area (Å²) >= 11 is 1.42. The molecular weight excluding hydrogens is 190 g/mol. The fraction of sp³-hybridized carbons (Fsp3) is 0.286. The Bertz CT molecular complexity index is 308. The fourth-order valence-corrected chi connectivity index (χ4v) is 1.39. The second-order valence-electron chi connectivity index (χ2n) is 2.41. The van der Waals surface area contributed by atoms with E-state index in [-0.39, 0.29) is 0 Å². The van der Waals surface area contributed by atoms with Gasteiger partial charge in [-0.1, -0.05) is 17.3 Å². The maximum atomic E-state index is 10.2. The summed E-state index contributed by atoms with van der Waals surface area (Å²) in [5.74, 6) is -0.322. The number of aromatic nitrogens is 3. The van der Waals surface area contributed by atoms with Gasteiger partial charge >= 0.3 is 5.97 Å². The number of aliphatic carboxylic acids is 1. The van der Waals surface area contributed by atoms with Crippen LogP contribution in [-0.4, -0.2) is 32.0 Å². The van der Waals surface area contributed by atoms with E-state index in [0.29, 0.717) is 10.9 Å². The van der Waals surface area contributed by atoms with E-state index in [9.17, 15) is 4.79 Å². The molecule has 0 amide bonds. The monoisotopic (exact) mass is 199 g/mol. The van der Waals surface area contributed by atoms with Crippen molar-refractivity contribution in [2.75, 3.05) is 5.75 Å². The average Bonchev–Trinajstić information content (AvgIpc) is 2.51. The smallest absolute Gasteiger partial charge is 0.328 e. The first-order valence-electron chi connectivity index (χ1n) is 3.57. The lowest BCUT2D eigenvalue weighted by Crippen LogP contribution is -1.92. The van der Waals surface area contributed by atoms with Gasteiger partial charge in [0.1, 0.15) is 6.33 Å². The first-order chi connectivity index (χ1) is 6.18. The second-order valence-corrected chi connectivity index (χ2v) is 3.37. The predicted octanol–water partition coefficient (Wildman–Crippen LogP) is 0.928. The van der Waals surface area contributed by atoms with Gasteiger partial charge in [-0.05, 0) is 6.92 Å². The number of carboxylic acid groups (broad SMARTS) is 1. The summed E-state index contributed by atoms with van der Waals surface area (Å²) in [5.41, 5.74) is 0.786. The summed E-state index contributed by atoms with van der Waals surface area (Å²) in [6.07, 6.45) is 2.60. The van der Waals surface area contributed by atoms with Crippen LogP contribution in [0.1, 0.15) is 6.92 Å². The Balaban J connectivity index is 2.39. The normalized spacial score (nSPS) is 11.6. The van der Waals surface area contributed by atoms with Crippen LogP contribution in [0.5, 0.6) is 0 Å². The van der Waals surface area contributed by atoms with Crippen LogP contribution in [0.4, 0.5) is 0 Å². The number of hydrogen-bond acceptors (Lipinski definition) is 4. The number of thioether (sulfide) groups is 1. The zero-order valence-electron chi connectivity index (χ0n) is 7.02. The average molecular weight is 199 g/mol. The van der Waals surface area contributed by atoms with E-state index in [1.54, 1.807) is 6.92 Å². The molecule has 0 fully saturated rings. The molecule has 0 saturated carbocycles. The molecule has 5 nitrogen and oxygen atoms in total. The molecule has 1 aromatic rings. The summed E-state index contributed by atoms with van der Waals surface area (Å²) in [4.78, 5) is 14.1. The third-order valence-corrected chi connectivity index (χ3v) is 2.27. The number of carboxylic acids is 1. The molecule has 6 heteroatoms. The van der Waals surface area contributed by atoms with Gasteiger partial charge in [0.15, 0.2) is 5.16 Å². The molecule has 0 aromatic carbocycles. The third-order valence-electron chi connectivity index (χ3n) is 1.20. The fourth-order valence-electron chi connectivity index (χ4n) is 0.698. The van der Waals surface area contributed by atoms with Crippen LogP contribution in [0.2, 0.25) is 0 Å². The van der Waals surface area contributed by atoms with Crippen LogP contribution >= 0.6 is 11.8 Å². The number of carbonyl (C=O) groups is 1. The van der Waals surface area contributed by atoms with E-state index in [2.05, 4.69) is 15.2 Å². The van der Waals surface area contributed by atoms with Crippen molar-refractivity contribution < 1.29 is 9.90 Å². The summed E-state index contributed by atoms with van der Waals surface area (Å²) in [5, 5.41) is 15.5. The molecule has 1 rings (SSSR count). The third kappa shape index (κ3) is 3.75. The Kier molecular flexibility index (Phi) is 3.51. The number of aromatic amines is 1. The summed E-state index contributed by atoms with van der Waals surface area (Å²) < 4.78 is 0. The van der Waals surface area contributed by atoms with Crippen molar-refractivity contribution in [1.29, 1.82) is 0 Å². The highest BCUT2D eigenvalue weighted by Gasteiger charge is 1.98. The molecule has 0 spiro atoms. The molecule has 0 saturated heterocycles. The minimum Gasteiger partial charge on any atom is -0.478 e. The highest BCUT2D eigenvalue weighted by Crippen LogP contribution is 2.14. The van der Waals surface area contributed by atoms with Gasteiger partial charge in [-0.3, -0.25) is 5.10 Å². The first kappa shape index (κ1) is 9.79. The van der Waals surface area contributed by atoms with Crippen LogP contribution in [0.25, 0.3) is 0 Å². The Morgan fingerprint density at radius 2 is 2.62 bits per heavy atom. The van der Waals surface area contributed by atoms with Crippen molar-refractivity contribution in [3.63, 3.8) is 0 Å². The van der Waals surface area contributed by atoms with E-state index in [1.165, 1.54) is 24.2 Å². The Morgan fingerprint density at radius 1 is 1.85 bits per heavy atom. The molecule has 70 valence electrons. The van der Waals surface area contributed by atoms with E-state index >= 15 is 0 Å². The van der Waals surface area contributed by atoms with Crippen molar-refractivity contribution in [3.05, 3.63) is 18.0 Å². The van der Waals surface area contributed by atoms with Gasteiger partial charge in [-0.2, -0.15) is 5.10 Å².